The normalized spacial score (nSPS) is 19.6. The lowest BCUT2D eigenvalue weighted by Gasteiger charge is -2.27. The Bertz CT molecular complexity index is 541. The first kappa shape index (κ1) is 16.8. The summed E-state index contributed by atoms with van der Waals surface area (Å²) in [7, 11) is 1.37. The highest BCUT2D eigenvalue weighted by molar-refractivity contribution is 6.30. The van der Waals surface area contributed by atoms with Gasteiger partial charge in [-0.2, -0.15) is 0 Å². The van der Waals surface area contributed by atoms with Gasteiger partial charge in [0.15, 0.2) is 0 Å². The molecule has 0 bridgehead atoms. The van der Waals surface area contributed by atoms with Gasteiger partial charge in [0.25, 0.3) is 0 Å². The highest BCUT2D eigenvalue weighted by Crippen LogP contribution is 2.31. The number of amides is 1. The summed E-state index contributed by atoms with van der Waals surface area (Å²) in [4.78, 5) is 26.1. The molecule has 1 saturated heterocycles. The highest BCUT2D eigenvalue weighted by Gasteiger charge is 2.38. The second-order valence-corrected chi connectivity index (χ2v) is 6.60. The van der Waals surface area contributed by atoms with Crippen LogP contribution in [0.3, 0.4) is 0 Å². The van der Waals surface area contributed by atoms with Crippen molar-refractivity contribution in [1.29, 1.82) is 0 Å². The number of hydrogen-bond donors (Lipinski definition) is 0. The predicted octanol–water partition coefficient (Wildman–Crippen LogP) is 3.24. The maximum Gasteiger partial charge on any atom is 0.328 e. The lowest BCUT2D eigenvalue weighted by Crippen LogP contribution is -2.43. The van der Waals surface area contributed by atoms with Crippen LogP contribution in [0, 0.1) is 5.92 Å². The highest BCUT2D eigenvalue weighted by atomic mass is 35.5. The van der Waals surface area contributed by atoms with E-state index in [4.69, 9.17) is 16.3 Å². The molecular formula is C17H22ClNO3. The Hall–Kier alpha value is -1.55. The van der Waals surface area contributed by atoms with Crippen molar-refractivity contribution in [2.75, 3.05) is 13.7 Å². The monoisotopic (exact) mass is 323 g/mol. The number of likely N-dealkylation sites (tertiary alicyclic amines) is 1. The zero-order valence-electron chi connectivity index (χ0n) is 13.2. The number of carbonyl (C=O) groups is 2. The Morgan fingerprint density at radius 1 is 1.36 bits per heavy atom. The topological polar surface area (TPSA) is 46.6 Å². The van der Waals surface area contributed by atoms with Crippen LogP contribution in [0.4, 0.5) is 0 Å². The van der Waals surface area contributed by atoms with Crippen LogP contribution >= 0.6 is 11.6 Å². The summed E-state index contributed by atoms with van der Waals surface area (Å²) < 4.78 is 4.88. The number of carbonyl (C=O) groups excluding carboxylic acids is 2. The number of hydrogen-bond acceptors (Lipinski definition) is 3. The van der Waals surface area contributed by atoms with Crippen molar-refractivity contribution in [2.45, 2.75) is 38.6 Å². The molecule has 1 fully saturated rings. The maximum atomic E-state index is 12.4. The van der Waals surface area contributed by atoms with Gasteiger partial charge in [-0.1, -0.05) is 37.6 Å². The molecule has 1 aromatic carbocycles. The van der Waals surface area contributed by atoms with Gasteiger partial charge in [-0.25, -0.2) is 4.79 Å². The minimum absolute atomic E-state index is 0.0102. The number of esters is 1. The van der Waals surface area contributed by atoms with Crippen LogP contribution in [0.1, 0.15) is 38.2 Å². The molecule has 2 rings (SSSR count). The molecule has 5 heteroatoms. The number of benzene rings is 1. The van der Waals surface area contributed by atoms with Crippen LogP contribution in [-0.2, 0) is 14.3 Å². The fraction of sp³-hybridized carbons (Fsp3) is 0.529. The Balaban J connectivity index is 2.15. The molecule has 1 aliphatic rings. The second-order valence-electron chi connectivity index (χ2n) is 6.17. The molecule has 1 aliphatic heterocycles. The molecule has 0 radical (unpaired) electrons. The van der Waals surface area contributed by atoms with Crippen LogP contribution in [0.2, 0.25) is 5.02 Å². The van der Waals surface area contributed by atoms with Crippen LogP contribution < -0.4 is 0 Å². The smallest absolute Gasteiger partial charge is 0.328 e. The van der Waals surface area contributed by atoms with Crippen molar-refractivity contribution < 1.29 is 14.3 Å². The Kier molecular flexibility index (Phi) is 5.46. The standard InChI is InChI=1S/C17H22ClNO3/c1-11(2)8-15(17(21)22-3)19-10-13(9-16(19)20)12-4-6-14(18)7-5-12/h4-7,11,13,15H,8-10H2,1-3H3. The van der Waals surface area contributed by atoms with Crippen LogP contribution in [0.5, 0.6) is 0 Å². The first-order valence-corrected chi connectivity index (χ1v) is 7.93. The summed E-state index contributed by atoms with van der Waals surface area (Å²) in [5, 5.41) is 0.678. The number of ether oxygens (including phenoxy) is 1. The molecule has 22 heavy (non-hydrogen) atoms. The number of methoxy groups -OCH3 is 1. The summed E-state index contributed by atoms with van der Waals surface area (Å²) in [6, 6.07) is 7.06. The minimum Gasteiger partial charge on any atom is -0.467 e. The average Bonchev–Trinajstić information content (AvgIpc) is 2.86. The molecule has 0 saturated carbocycles. The molecule has 1 amide bonds. The Morgan fingerprint density at radius 2 is 2.00 bits per heavy atom. The van der Waals surface area contributed by atoms with Crippen LogP contribution in [0.25, 0.3) is 0 Å². The van der Waals surface area contributed by atoms with E-state index in [0.29, 0.717) is 30.3 Å². The van der Waals surface area contributed by atoms with Gasteiger partial charge >= 0.3 is 5.97 Å². The molecule has 120 valence electrons. The van der Waals surface area contributed by atoms with Gasteiger partial charge in [0.1, 0.15) is 6.04 Å². The molecule has 1 heterocycles. The molecule has 2 atom stereocenters. The van der Waals surface area contributed by atoms with Gasteiger partial charge in [0.05, 0.1) is 7.11 Å². The summed E-state index contributed by atoms with van der Waals surface area (Å²) in [6.45, 7) is 4.62. The van der Waals surface area contributed by atoms with Crippen LogP contribution in [-0.4, -0.2) is 36.5 Å². The molecule has 0 N–H and O–H groups in total. The van der Waals surface area contributed by atoms with Gasteiger partial charge in [-0.15, -0.1) is 0 Å². The molecular weight excluding hydrogens is 302 g/mol. The van der Waals surface area contributed by atoms with Crippen molar-refractivity contribution in [1.82, 2.24) is 4.90 Å². The van der Waals surface area contributed by atoms with Crippen molar-refractivity contribution in [3.8, 4) is 0 Å². The van der Waals surface area contributed by atoms with Gasteiger partial charge in [-0.3, -0.25) is 4.79 Å². The third-order valence-electron chi connectivity index (χ3n) is 4.04. The van der Waals surface area contributed by atoms with E-state index < -0.39 is 6.04 Å². The average molecular weight is 324 g/mol. The summed E-state index contributed by atoms with van der Waals surface area (Å²) in [5.41, 5.74) is 1.08. The van der Waals surface area contributed by atoms with Gasteiger partial charge in [-0.05, 0) is 30.0 Å². The van der Waals surface area contributed by atoms with E-state index in [2.05, 4.69) is 0 Å². The van der Waals surface area contributed by atoms with Crippen molar-refractivity contribution in [3.63, 3.8) is 0 Å². The molecule has 4 nitrogen and oxygen atoms in total. The van der Waals surface area contributed by atoms with Gasteiger partial charge < -0.3 is 9.64 Å². The van der Waals surface area contributed by atoms with Crippen molar-refractivity contribution in [3.05, 3.63) is 34.9 Å². The second kappa shape index (κ2) is 7.14. The van der Waals surface area contributed by atoms with Crippen molar-refractivity contribution in [2.24, 2.45) is 5.92 Å². The quantitative estimate of drug-likeness (QED) is 0.781. The van der Waals surface area contributed by atoms with Gasteiger partial charge in [0, 0.05) is 23.9 Å². The van der Waals surface area contributed by atoms with Crippen LogP contribution in [0.15, 0.2) is 24.3 Å². The van der Waals surface area contributed by atoms with E-state index in [-0.39, 0.29) is 17.8 Å². The maximum absolute atomic E-state index is 12.4. The summed E-state index contributed by atoms with van der Waals surface area (Å²) in [5.74, 6) is 0.0883. The van der Waals surface area contributed by atoms with E-state index in [1.807, 2.05) is 38.1 Å². The minimum atomic E-state index is -0.491. The fourth-order valence-corrected chi connectivity index (χ4v) is 3.05. The zero-order valence-corrected chi connectivity index (χ0v) is 14.0. The third kappa shape index (κ3) is 3.80. The lowest BCUT2D eigenvalue weighted by molar-refractivity contribution is -0.151. The molecule has 0 aliphatic carbocycles. The number of nitrogens with zero attached hydrogens (tertiary/aromatic N) is 1. The molecule has 0 aromatic heterocycles. The molecule has 0 spiro atoms. The molecule has 1 aromatic rings. The number of rotatable bonds is 5. The summed E-state index contributed by atoms with van der Waals surface area (Å²) in [6.07, 6.45) is 1.04. The predicted molar refractivity (Wildman–Crippen MR) is 85.8 cm³/mol. The first-order chi connectivity index (χ1) is 10.4. The van der Waals surface area contributed by atoms with E-state index in [1.165, 1.54) is 7.11 Å². The van der Waals surface area contributed by atoms with Crippen molar-refractivity contribution >= 4 is 23.5 Å². The van der Waals surface area contributed by atoms with E-state index in [1.54, 1.807) is 4.90 Å². The largest absolute Gasteiger partial charge is 0.467 e. The van der Waals surface area contributed by atoms with Gasteiger partial charge in [0.2, 0.25) is 5.91 Å². The van der Waals surface area contributed by atoms with E-state index in [0.717, 1.165) is 5.56 Å². The van der Waals surface area contributed by atoms with E-state index in [9.17, 15) is 9.59 Å². The summed E-state index contributed by atoms with van der Waals surface area (Å²) >= 11 is 5.91. The third-order valence-corrected chi connectivity index (χ3v) is 4.30. The Labute approximate surface area is 136 Å². The zero-order chi connectivity index (χ0) is 16.3. The SMILES string of the molecule is COC(=O)C(CC(C)C)N1CC(c2ccc(Cl)cc2)CC1=O. The Morgan fingerprint density at radius 3 is 2.55 bits per heavy atom. The number of halogens is 1. The lowest BCUT2D eigenvalue weighted by atomic mass is 9.98. The van der Waals surface area contributed by atoms with E-state index >= 15 is 0 Å². The fourth-order valence-electron chi connectivity index (χ4n) is 2.92. The molecule has 2 unspecified atom stereocenters. The first-order valence-electron chi connectivity index (χ1n) is 7.55.